The number of anilines is 2. The fraction of sp³-hybridized carbons (Fsp3) is 0.368. The summed E-state index contributed by atoms with van der Waals surface area (Å²) >= 11 is 3.06. The maximum absolute atomic E-state index is 12.8. The van der Waals surface area contributed by atoms with E-state index in [9.17, 15) is 4.79 Å². The van der Waals surface area contributed by atoms with E-state index >= 15 is 0 Å². The predicted octanol–water partition coefficient (Wildman–Crippen LogP) is 2.60. The topological polar surface area (TPSA) is 71.5 Å². The first-order valence-electron chi connectivity index (χ1n) is 9.25. The minimum Gasteiger partial charge on any atom is -0.378 e. The van der Waals surface area contributed by atoms with Crippen LogP contribution in [0.4, 0.5) is 10.8 Å². The third-order valence-electron chi connectivity index (χ3n) is 4.95. The van der Waals surface area contributed by atoms with Gasteiger partial charge in [0.25, 0.3) is 0 Å². The number of rotatable bonds is 4. The van der Waals surface area contributed by atoms with Crippen LogP contribution in [0.5, 0.6) is 0 Å². The second-order valence-corrected chi connectivity index (χ2v) is 8.58. The highest BCUT2D eigenvalue weighted by atomic mass is 32.2. The van der Waals surface area contributed by atoms with Crippen molar-refractivity contribution >= 4 is 50.2 Å². The second-order valence-electron chi connectivity index (χ2n) is 6.64. The molecule has 0 aliphatic carbocycles. The summed E-state index contributed by atoms with van der Waals surface area (Å²) in [6.45, 7) is 3.86. The van der Waals surface area contributed by atoms with Gasteiger partial charge in [0, 0.05) is 25.3 Å². The monoisotopic (exact) mass is 413 g/mol. The molecule has 0 saturated carbocycles. The molecule has 1 saturated heterocycles. The Hall–Kier alpha value is -2.23. The summed E-state index contributed by atoms with van der Waals surface area (Å²) in [4.78, 5) is 30.3. The Morgan fingerprint density at radius 1 is 1.18 bits per heavy atom. The van der Waals surface area contributed by atoms with E-state index in [1.165, 1.54) is 23.7 Å². The third kappa shape index (κ3) is 3.34. The lowest BCUT2D eigenvalue weighted by Gasteiger charge is -2.25. The first-order chi connectivity index (χ1) is 13.8. The zero-order valence-corrected chi connectivity index (χ0v) is 16.8. The van der Waals surface area contributed by atoms with Crippen molar-refractivity contribution in [3.8, 4) is 0 Å². The predicted molar refractivity (Wildman–Crippen MR) is 111 cm³/mol. The van der Waals surface area contributed by atoms with E-state index in [4.69, 9.17) is 4.74 Å². The number of thiazole rings is 1. The highest BCUT2D eigenvalue weighted by Crippen LogP contribution is 2.35. The number of para-hydroxylation sites is 1. The molecule has 2 aliphatic heterocycles. The summed E-state index contributed by atoms with van der Waals surface area (Å²) in [7, 11) is 0. The number of benzene rings is 1. The lowest BCUT2D eigenvalue weighted by atomic mass is 10.2. The minimum atomic E-state index is 0.111. The first-order valence-corrected chi connectivity index (χ1v) is 11.0. The Bertz CT molecular complexity index is 1020. The van der Waals surface area contributed by atoms with Crippen molar-refractivity contribution in [1.82, 2.24) is 15.0 Å². The Morgan fingerprint density at radius 2 is 2.04 bits per heavy atom. The van der Waals surface area contributed by atoms with Crippen molar-refractivity contribution in [2.75, 3.05) is 48.4 Å². The van der Waals surface area contributed by atoms with Crippen LogP contribution >= 0.6 is 23.1 Å². The van der Waals surface area contributed by atoms with Crippen molar-refractivity contribution < 1.29 is 9.53 Å². The van der Waals surface area contributed by atoms with Crippen molar-refractivity contribution in [3.63, 3.8) is 0 Å². The van der Waals surface area contributed by atoms with Gasteiger partial charge in [0.05, 0.1) is 19.0 Å². The Balaban J connectivity index is 1.33. The Morgan fingerprint density at radius 3 is 2.93 bits per heavy atom. The fourth-order valence-corrected chi connectivity index (χ4v) is 5.54. The molecular weight excluding hydrogens is 394 g/mol. The quantitative estimate of drug-likeness (QED) is 0.481. The number of fused-ring (bicyclic) bond motifs is 2. The van der Waals surface area contributed by atoms with E-state index in [2.05, 4.69) is 25.9 Å². The number of morpholine rings is 1. The molecule has 1 aromatic carbocycles. The van der Waals surface area contributed by atoms with Crippen LogP contribution in [0, 0.1) is 0 Å². The minimum absolute atomic E-state index is 0.111. The number of hydrogen-bond acceptors (Lipinski definition) is 8. The van der Waals surface area contributed by atoms with Crippen LogP contribution in [-0.2, 0) is 16.0 Å². The van der Waals surface area contributed by atoms with Crippen LogP contribution < -0.4 is 9.80 Å². The SMILES string of the molecule is O=C(CSc1ncnc2nc(N3CCOCC3)sc12)N1CCc2ccccc21. The van der Waals surface area contributed by atoms with E-state index in [1.54, 1.807) is 11.3 Å². The number of aromatic nitrogens is 3. The van der Waals surface area contributed by atoms with Crippen LogP contribution in [-0.4, -0.2) is 59.5 Å². The van der Waals surface area contributed by atoms with Crippen LogP contribution in [0.1, 0.15) is 5.56 Å². The maximum Gasteiger partial charge on any atom is 0.237 e. The summed E-state index contributed by atoms with van der Waals surface area (Å²) in [5, 5.41) is 1.77. The molecule has 1 fully saturated rings. The number of hydrogen-bond donors (Lipinski definition) is 0. The lowest BCUT2D eigenvalue weighted by molar-refractivity contribution is -0.116. The summed E-state index contributed by atoms with van der Waals surface area (Å²) in [5.41, 5.74) is 2.97. The molecule has 0 radical (unpaired) electrons. The first kappa shape index (κ1) is 17.8. The van der Waals surface area contributed by atoms with Crippen LogP contribution in [0.15, 0.2) is 35.6 Å². The molecule has 2 aliphatic rings. The van der Waals surface area contributed by atoms with Gasteiger partial charge < -0.3 is 14.5 Å². The average molecular weight is 414 g/mol. The van der Waals surface area contributed by atoms with Gasteiger partial charge in [-0.3, -0.25) is 4.79 Å². The highest BCUT2D eigenvalue weighted by Gasteiger charge is 2.25. The molecule has 1 amide bonds. The van der Waals surface area contributed by atoms with Crippen molar-refractivity contribution in [1.29, 1.82) is 0 Å². The molecule has 5 rings (SSSR count). The molecule has 28 heavy (non-hydrogen) atoms. The maximum atomic E-state index is 12.8. The number of ether oxygens (including phenoxy) is 1. The summed E-state index contributed by atoms with van der Waals surface area (Å²) in [5.74, 6) is 0.463. The van der Waals surface area contributed by atoms with Gasteiger partial charge in [-0.25, -0.2) is 9.97 Å². The molecule has 7 nitrogen and oxygen atoms in total. The van der Waals surface area contributed by atoms with Gasteiger partial charge in [0.15, 0.2) is 10.8 Å². The van der Waals surface area contributed by atoms with Gasteiger partial charge in [-0.2, -0.15) is 4.98 Å². The number of amides is 1. The molecule has 144 valence electrons. The van der Waals surface area contributed by atoms with E-state index in [-0.39, 0.29) is 5.91 Å². The number of thioether (sulfide) groups is 1. The number of carbonyl (C=O) groups is 1. The summed E-state index contributed by atoms with van der Waals surface area (Å²) < 4.78 is 6.37. The van der Waals surface area contributed by atoms with Gasteiger partial charge >= 0.3 is 0 Å². The van der Waals surface area contributed by atoms with E-state index in [0.717, 1.165) is 59.8 Å². The standard InChI is InChI=1S/C19H19N5O2S2/c25-15(24-6-5-13-3-1-2-4-14(13)24)11-27-18-16-17(20-12-21-18)22-19(28-16)23-7-9-26-10-8-23/h1-4,12H,5-11H2. The number of carbonyl (C=O) groups excluding carboxylic acids is 1. The van der Waals surface area contributed by atoms with Gasteiger partial charge in [-0.15, -0.1) is 0 Å². The smallest absolute Gasteiger partial charge is 0.237 e. The summed E-state index contributed by atoms with van der Waals surface area (Å²) in [6.07, 6.45) is 2.45. The third-order valence-corrected chi connectivity index (χ3v) is 7.16. The molecule has 0 N–H and O–H groups in total. The van der Waals surface area contributed by atoms with Gasteiger partial charge in [0.1, 0.15) is 16.1 Å². The van der Waals surface area contributed by atoms with Crippen molar-refractivity contribution in [2.45, 2.75) is 11.4 Å². The molecule has 3 aromatic rings. The molecule has 9 heteroatoms. The van der Waals surface area contributed by atoms with Crippen LogP contribution in [0.25, 0.3) is 10.3 Å². The van der Waals surface area contributed by atoms with E-state index in [1.807, 2.05) is 23.1 Å². The van der Waals surface area contributed by atoms with Gasteiger partial charge in [0.2, 0.25) is 5.91 Å². The van der Waals surface area contributed by atoms with Crippen LogP contribution in [0.2, 0.25) is 0 Å². The molecule has 0 bridgehead atoms. The van der Waals surface area contributed by atoms with E-state index < -0.39 is 0 Å². The molecule has 0 unspecified atom stereocenters. The lowest BCUT2D eigenvalue weighted by Crippen LogP contribution is -2.36. The average Bonchev–Trinajstić information content (AvgIpc) is 3.37. The summed E-state index contributed by atoms with van der Waals surface area (Å²) in [6, 6.07) is 8.12. The molecule has 0 atom stereocenters. The zero-order chi connectivity index (χ0) is 18.9. The molecule has 4 heterocycles. The van der Waals surface area contributed by atoms with Gasteiger partial charge in [-0.1, -0.05) is 41.3 Å². The second kappa shape index (κ2) is 7.65. The Labute approximate surface area is 170 Å². The van der Waals surface area contributed by atoms with Crippen molar-refractivity contribution in [3.05, 3.63) is 36.2 Å². The number of nitrogens with zero attached hydrogens (tertiary/aromatic N) is 5. The van der Waals surface area contributed by atoms with Crippen molar-refractivity contribution in [2.24, 2.45) is 0 Å². The Kier molecular flexibility index (Phi) is 4.87. The molecule has 0 spiro atoms. The fourth-order valence-electron chi connectivity index (χ4n) is 3.52. The van der Waals surface area contributed by atoms with Crippen LogP contribution in [0.3, 0.4) is 0 Å². The highest BCUT2D eigenvalue weighted by molar-refractivity contribution is 8.00. The van der Waals surface area contributed by atoms with E-state index in [0.29, 0.717) is 11.4 Å². The zero-order valence-electron chi connectivity index (χ0n) is 15.2. The van der Waals surface area contributed by atoms with Gasteiger partial charge in [-0.05, 0) is 18.1 Å². The largest absolute Gasteiger partial charge is 0.378 e. The molecule has 2 aromatic heterocycles. The molecular formula is C19H19N5O2S2. The normalized spacial score (nSPS) is 16.6.